The first kappa shape index (κ1) is 18.9. The van der Waals surface area contributed by atoms with E-state index in [1.54, 1.807) is 12.4 Å². The zero-order valence-corrected chi connectivity index (χ0v) is 16.9. The number of aromatic nitrogens is 1. The fourth-order valence-corrected chi connectivity index (χ4v) is 4.07. The Labute approximate surface area is 176 Å². The summed E-state index contributed by atoms with van der Waals surface area (Å²) in [6.45, 7) is 4.14. The molecule has 1 fully saturated rings. The topological polar surface area (TPSA) is 62.4 Å². The molecule has 0 saturated carbocycles. The number of hydrogen-bond donors (Lipinski definition) is 0. The highest BCUT2D eigenvalue weighted by molar-refractivity contribution is 6.11. The van der Waals surface area contributed by atoms with E-state index in [1.807, 2.05) is 30.5 Å². The van der Waals surface area contributed by atoms with Crippen LogP contribution in [0.1, 0.15) is 30.4 Å². The number of hydrogen-bond acceptors (Lipinski definition) is 6. The van der Waals surface area contributed by atoms with Crippen LogP contribution in [0.2, 0.25) is 0 Å². The van der Waals surface area contributed by atoms with Crippen molar-refractivity contribution in [1.29, 1.82) is 0 Å². The van der Waals surface area contributed by atoms with Crippen LogP contribution < -0.4 is 4.74 Å². The number of aliphatic imine (C=N–C) groups is 1. The summed E-state index contributed by atoms with van der Waals surface area (Å²) in [7, 11) is 0. The second kappa shape index (κ2) is 8.71. The van der Waals surface area contributed by atoms with Gasteiger partial charge in [0.05, 0.1) is 5.70 Å². The van der Waals surface area contributed by atoms with Crippen molar-refractivity contribution in [3.8, 4) is 5.75 Å². The van der Waals surface area contributed by atoms with E-state index in [-0.39, 0.29) is 6.04 Å². The monoisotopic (exact) mass is 399 g/mol. The molecule has 3 aliphatic rings. The first-order valence-electron chi connectivity index (χ1n) is 10.6. The van der Waals surface area contributed by atoms with Crippen molar-refractivity contribution in [3.63, 3.8) is 0 Å². The number of likely N-dealkylation sites (tertiary alicyclic amines) is 1. The van der Waals surface area contributed by atoms with Gasteiger partial charge in [-0.15, -0.1) is 0 Å². The summed E-state index contributed by atoms with van der Waals surface area (Å²) < 4.78 is 5.94. The minimum Gasteiger partial charge on any atom is -0.492 e. The van der Waals surface area contributed by atoms with E-state index in [0.717, 1.165) is 47.0 Å². The van der Waals surface area contributed by atoms with Gasteiger partial charge >= 0.3 is 0 Å². The van der Waals surface area contributed by atoms with Crippen molar-refractivity contribution in [1.82, 2.24) is 9.88 Å². The molecule has 0 bridgehead atoms. The molecule has 1 saturated heterocycles. The smallest absolute Gasteiger partial charge is 0.134 e. The second-order valence-corrected chi connectivity index (χ2v) is 7.79. The summed E-state index contributed by atoms with van der Waals surface area (Å²) >= 11 is 0. The van der Waals surface area contributed by atoms with Gasteiger partial charge in [-0.05, 0) is 67.4 Å². The van der Waals surface area contributed by atoms with Crippen LogP contribution in [0.15, 0.2) is 75.8 Å². The molecule has 0 amide bonds. The number of pyridine rings is 1. The lowest BCUT2D eigenvalue weighted by molar-refractivity contribution is 0.183. The molecule has 3 aliphatic heterocycles. The van der Waals surface area contributed by atoms with Crippen molar-refractivity contribution >= 4 is 17.5 Å². The molecule has 30 heavy (non-hydrogen) atoms. The fraction of sp³-hybridized carbons (Fsp3) is 0.333. The van der Waals surface area contributed by atoms with Gasteiger partial charge in [-0.25, -0.2) is 0 Å². The second-order valence-electron chi connectivity index (χ2n) is 7.79. The quantitative estimate of drug-likeness (QED) is 0.712. The SMILES string of the molecule is C1=NC2=C(c3ccncc3)N=NC2C=C1c1ccc(OCCN2CCCCC2)cc1. The molecule has 4 heterocycles. The van der Waals surface area contributed by atoms with Gasteiger partial charge in [0.15, 0.2) is 0 Å². The van der Waals surface area contributed by atoms with Crippen LogP contribution in [-0.2, 0) is 0 Å². The molecule has 0 aliphatic carbocycles. The van der Waals surface area contributed by atoms with Crippen LogP contribution in [0, 0.1) is 0 Å². The molecule has 1 aromatic carbocycles. The highest BCUT2D eigenvalue weighted by atomic mass is 16.5. The first-order chi connectivity index (χ1) is 14.9. The average molecular weight is 399 g/mol. The Morgan fingerprint density at radius 1 is 0.933 bits per heavy atom. The summed E-state index contributed by atoms with van der Waals surface area (Å²) in [6.07, 6.45) is 11.5. The van der Waals surface area contributed by atoms with Gasteiger partial charge in [0.25, 0.3) is 0 Å². The zero-order valence-electron chi connectivity index (χ0n) is 16.9. The lowest BCUT2D eigenvalue weighted by Crippen LogP contribution is -2.33. The predicted octanol–water partition coefficient (Wildman–Crippen LogP) is 4.62. The minimum atomic E-state index is -0.131. The molecule has 0 N–H and O–H groups in total. The van der Waals surface area contributed by atoms with Gasteiger partial charge in [0, 0.05) is 30.7 Å². The Kier molecular flexibility index (Phi) is 5.48. The normalized spacial score (nSPS) is 20.9. The van der Waals surface area contributed by atoms with E-state index in [4.69, 9.17) is 4.74 Å². The van der Waals surface area contributed by atoms with Crippen molar-refractivity contribution in [3.05, 3.63) is 71.7 Å². The summed E-state index contributed by atoms with van der Waals surface area (Å²) in [6, 6.07) is 12.0. The number of nitrogens with zero attached hydrogens (tertiary/aromatic N) is 5. The number of allylic oxidation sites excluding steroid dienone is 1. The number of benzene rings is 1. The Balaban J connectivity index is 1.22. The molecule has 152 valence electrons. The standard InChI is InChI=1S/C24H25N5O/c1-2-12-29(13-3-1)14-15-30-21-6-4-18(5-7-21)20-16-22-24(26-17-20)23(28-27-22)19-8-10-25-11-9-19/h4-11,16-17,22H,1-3,12-15H2. The molecular weight excluding hydrogens is 374 g/mol. The third-order valence-corrected chi connectivity index (χ3v) is 5.75. The highest BCUT2D eigenvalue weighted by Crippen LogP contribution is 2.35. The number of dihydropyridines is 1. The van der Waals surface area contributed by atoms with Gasteiger partial charge in [0.2, 0.25) is 0 Å². The number of rotatable bonds is 6. The number of azo groups is 1. The summed E-state index contributed by atoms with van der Waals surface area (Å²) in [4.78, 5) is 11.2. The highest BCUT2D eigenvalue weighted by Gasteiger charge is 2.26. The molecule has 6 heteroatoms. The molecule has 0 radical (unpaired) electrons. The van der Waals surface area contributed by atoms with E-state index >= 15 is 0 Å². The Morgan fingerprint density at radius 3 is 2.53 bits per heavy atom. The molecule has 2 aromatic rings. The summed E-state index contributed by atoms with van der Waals surface area (Å²) in [5, 5.41) is 8.76. The maximum atomic E-state index is 5.94. The van der Waals surface area contributed by atoms with Crippen LogP contribution >= 0.6 is 0 Å². The Morgan fingerprint density at radius 2 is 1.73 bits per heavy atom. The number of fused-ring (bicyclic) bond motifs is 1. The molecule has 1 atom stereocenters. The van der Waals surface area contributed by atoms with Gasteiger partial charge in [-0.2, -0.15) is 10.2 Å². The number of piperidine rings is 1. The van der Waals surface area contributed by atoms with Crippen LogP contribution in [0.25, 0.3) is 11.3 Å². The average Bonchev–Trinajstić information content (AvgIpc) is 3.24. The van der Waals surface area contributed by atoms with E-state index in [9.17, 15) is 0 Å². The predicted molar refractivity (Wildman–Crippen MR) is 118 cm³/mol. The third-order valence-electron chi connectivity index (χ3n) is 5.75. The number of ether oxygens (including phenoxy) is 1. The van der Waals surface area contributed by atoms with Crippen LogP contribution in [0.4, 0.5) is 0 Å². The van der Waals surface area contributed by atoms with E-state index in [1.165, 1.54) is 32.4 Å². The third kappa shape index (κ3) is 4.09. The van der Waals surface area contributed by atoms with Gasteiger partial charge in [-0.3, -0.25) is 14.9 Å². The molecule has 1 unspecified atom stereocenters. The van der Waals surface area contributed by atoms with Crippen molar-refractivity contribution < 1.29 is 4.74 Å². The van der Waals surface area contributed by atoms with Crippen LogP contribution in [0.5, 0.6) is 5.75 Å². The molecule has 5 rings (SSSR count). The molecular formula is C24H25N5O. The van der Waals surface area contributed by atoms with E-state index < -0.39 is 0 Å². The van der Waals surface area contributed by atoms with Gasteiger partial charge < -0.3 is 4.74 Å². The lowest BCUT2D eigenvalue weighted by Gasteiger charge is -2.26. The molecule has 6 nitrogen and oxygen atoms in total. The fourth-order valence-electron chi connectivity index (χ4n) is 4.07. The van der Waals surface area contributed by atoms with E-state index in [0.29, 0.717) is 0 Å². The molecule has 0 spiro atoms. The minimum absolute atomic E-state index is 0.131. The maximum Gasteiger partial charge on any atom is 0.134 e. The maximum absolute atomic E-state index is 5.94. The van der Waals surface area contributed by atoms with Crippen molar-refractivity contribution in [2.75, 3.05) is 26.2 Å². The lowest BCUT2D eigenvalue weighted by atomic mass is 9.99. The van der Waals surface area contributed by atoms with Gasteiger partial charge in [0.1, 0.15) is 24.1 Å². The first-order valence-corrected chi connectivity index (χ1v) is 10.6. The van der Waals surface area contributed by atoms with Crippen molar-refractivity contribution in [2.24, 2.45) is 15.2 Å². The largest absolute Gasteiger partial charge is 0.492 e. The van der Waals surface area contributed by atoms with Crippen LogP contribution in [-0.4, -0.2) is 48.4 Å². The summed E-state index contributed by atoms with van der Waals surface area (Å²) in [5.41, 5.74) is 4.87. The van der Waals surface area contributed by atoms with Crippen LogP contribution in [0.3, 0.4) is 0 Å². The Bertz CT molecular complexity index is 1000. The summed E-state index contributed by atoms with van der Waals surface area (Å²) in [5.74, 6) is 0.908. The Hall–Kier alpha value is -3.12. The van der Waals surface area contributed by atoms with Crippen molar-refractivity contribution in [2.45, 2.75) is 25.3 Å². The molecule has 1 aromatic heterocycles. The van der Waals surface area contributed by atoms with E-state index in [2.05, 4.69) is 43.3 Å². The van der Waals surface area contributed by atoms with Gasteiger partial charge in [-0.1, -0.05) is 18.6 Å². The zero-order chi connectivity index (χ0) is 20.2.